The highest BCUT2D eigenvalue weighted by molar-refractivity contribution is 5.85. The van der Waals surface area contributed by atoms with Gasteiger partial charge in [-0.2, -0.15) is 0 Å². The molecule has 94 valence electrons. The molecule has 2 nitrogen and oxygen atoms in total. The van der Waals surface area contributed by atoms with Gasteiger partial charge in [0.15, 0.2) is 0 Å². The molecule has 0 radical (unpaired) electrons. The average Bonchev–Trinajstić information content (AvgIpc) is 2.15. The maximum absolute atomic E-state index is 6.10. The number of benzene rings is 1. The van der Waals surface area contributed by atoms with Crippen molar-refractivity contribution in [3.63, 3.8) is 0 Å². The lowest BCUT2D eigenvalue weighted by Gasteiger charge is -2.32. The molecule has 2 atom stereocenters. The predicted molar refractivity (Wildman–Crippen MR) is 75.3 cm³/mol. The highest BCUT2D eigenvalue weighted by Crippen LogP contribution is 2.26. The van der Waals surface area contributed by atoms with Crippen LogP contribution >= 0.6 is 24.8 Å². The minimum absolute atomic E-state index is 0. The lowest BCUT2D eigenvalue weighted by atomic mass is 9.81. The van der Waals surface area contributed by atoms with Gasteiger partial charge in [0.1, 0.15) is 0 Å². The fourth-order valence-corrected chi connectivity index (χ4v) is 1.42. The van der Waals surface area contributed by atoms with Crippen LogP contribution in [0.2, 0.25) is 0 Å². The van der Waals surface area contributed by atoms with Gasteiger partial charge in [-0.1, -0.05) is 51.1 Å². The smallest absolute Gasteiger partial charge is 0.0453 e. The Hall–Kier alpha value is -0.280. The second kappa shape index (κ2) is 7.13. The van der Waals surface area contributed by atoms with E-state index in [9.17, 15) is 0 Å². The minimum Gasteiger partial charge on any atom is -0.326 e. The third-order valence-corrected chi connectivity index (χ3v) is 2.57. The van der Waals surface area contributed by atoms with E-state index < -0.39 is 0 Å². The first-order valence-electron chi connectivity index (χ1n) is 4.99. The fraction of sp³-hybridized carbons (Fsp3) is 0.500. The summed E-state index contributed by atoms with van der Waals surface area (Å²) in [7, 11) is 0. The maximum Gasteiger partial charge on any atom is 0.0453 e. The van der Waals surface area contributed by atoms with Crippen LogP contribution in [0.15, 0.2) is 30.3 Å². The van der Waals surface area contributed by atoms with Crippen molar-refractivity contribution in [2.24, 2.45) is 16.9 Å². The zero-order valence-electron chi connectivity index (χ0n) is 10.0. The molecule has 0 heterocycles. The molecule has 0 fully saturated rings. The largest absolute Gasteiger partial charge is 0.326 e. The van der Waals surface area contributed by atoms with Crippen LogP contribution < -0.4 is 11.5 Å². The van der Waals surface area contributed by atoms with Gasteiger partial charge in [-0.05, 0) is 11.0 Å². The predicted octanol–water partition coefficient (Wildman–Crippen LogP) is 2.90. The molecule has 0 aromatic heterocycles. The van der Waals surface area contributed by atoms with Crippen molar-refractivity contribution in [2.45, 2.75) is 32.9 Å². The van der Waals surface area contributed by atoms with E-state index in [0.717, 1.165) is 5.56 Å². The normalized spacial score (nSPS) is 14.3. The van der Waals surface area contributed by atoms with Gasteiger partial charge >= 0.3 is 0 Å². The van der Waals surface area contributed by atoms with Crippen molar-refractivity contribution in [1.29, 1.82) is 0 Å². The van der Waals surface area contributed by atoms with Crippen LogP contribution in [0, 0.1) is 5.41 Å². The monoisotopic (exact) mass is 264 g/mol. The SMILES string of the molecule is CC(C)(C)[C@@H](N)[C@H](N)c1ccccc1.Cl.Cl. The second-order valence-corrected chi connectivity index (χ2v) is 4.83. The Bertz CT molecular complexity index is 283. The highest BCUT2D eigenvalue weighted by atomic mass is 35.5. The molecule has 0 amide bonds. The Balaban J connectivity index is 0. The molecular formula is C12H22Cl2N2. The van der Waals surface area contributed by atoms with Gasteiger partial charge in [0.25, 0.3) is 0 Å². The Morgan fingerprint density at radius 1 is 0.938 bits per heavy atom. The van der Waals surface area contributed by atoms with E-state index in [-0.39, 0.29) is 42.3 Å². The van der Waals surface area contributed by atoms with E-state index >= 15 is 0 Å². The summed E-state index contributed by atoms with van der Waals surface area (Å²) in [5, 5.41) is 0. The molecule has 0 spiro atoms. The van der Waals surface area contributed by atoms with Gasteiger partial charge < -0.3 is 11.5 Å². The molecule has 0 unspecified atom stereocenters. The van der Waals surface area contributed by atoms with Crippen molar-refractivity contribution in [3.05, 3.63) is 35.9 Å². The summed E-state index contributed by atoms with van der Waals surface area (Å²) < 4.78 is 0. The topological polar surface area (TPSA) is 52.0 Å². The van der Waals surface area contributed by atoms with Gasteiger partial charge in [-0.15, -0.1) is 24.8 Å². The molecule has 1 aromatic rings. The van der Waals surface area contributed by atoms with E-state index in [1.54, 1.807) is 0 Å². The van der Waals surface area contributed by atoms with Crippen molar-refractivity contribution in [1.82, 2.24) is 0 Å². The molecule has 4 heteroatoms. The molecule has 4 N–H and O–H groups in total. The number of hydrogen-bond donors (Lipinski definition) is 2. The van der Waals surface area contributed by atoms with E-state index in [1.165, 1.54) is 0 Å². The number of hydrogen-bond acceptors (Lipinski definition) is 2. The summed E-state index contributed by atoms with van der Waals surface area (Å²) in [6.07, 6.45) is 0. The van der Waals surface area contributed by atoms with Crippen LogP contribution in [-0.4, -0.2) is 6.04 Å². The van der Waals surface area contributed by atoms with Crippen molar-refractivity contribution in [2.75, 3.05) is 0 Å². The van der Waals surface area contributed by atoms with E-state index in [4.69, 9.17) is 11.5 Å². The summed E-state index contributed by atoms with van der Waals surface area (Å²) in [5.41, 5.74) is 13.3. The zero-order valence-corrected chi connectivity index (χ0v) is 11.6. The van der Waals surface area contributed by atoms with E-state index in [1.807, 2.05) is 30.3 Å². The summed E-state index contributed by atoms with van der Waals surface area (Å²) >= 11 is 0. The number of rotatable bonds is 2. The first-order chi connectivity index (χ1) is 6.43. The van der Waals surface area contributed by atoms with E-state index in [0.29, 0.717) is 0 Å². The maximum atomic E-state index is 6.10. The van der Waals surface area contributed by atoms with Crippen molar-refractivity contribution < 1.29 is 0 Å². The summed E-state index contributed by atoms with van der Waals surface area (Å²) in [6, 6.07) is 9.90. The van der Waals surface area contributed by atoms with Crippen LogP contribution in [-0.2, 0) is 0 Å². The second-order valence-electron chi connectivity index (χ2n) is 4.83. The molecule has 0 saturated carbocycles. The molecule has 0 aliphatic rings. The Morgan fingerprint density at radius 3 is 1.75 bits per heavy atom. The lowest BCUT2D eigenvalue weighted by Crippen LogP contribution is -2.44. The quantitative estimate of drug-likeness (QED) is 0.863. The summed E-state index contributed by atoms with van der Waals surface area (Å²) in [6.45, 7) is 6.33. The zero-order chi connectivity index (χ0) is 10.8. The molecule has 0 aliphatic carbocycles. The van der Waals surface area contributed by atoms with Crippen LogP contribution in [0.3, 0.4) is 0 Å². The Morgan fingerprint density at radius 2 is 1.38 bits per heavy atom. The van der Waals surface area contributed by atoms with Crippen LogP contribution in [0.4, 0.5) is 0 Å². The highest BCUT2D eigenvalue weighted by Gasteiger charge is 2.27. The van der Waals surface area contributed by atoms with Gasteiger partial charge in [0.05, 0.1) is 0 Å². The minimum atomic E-state index is -0.0869. The third kappa shape index (κ3) is 4.71. The van der Waals surface area contributed by atoms with Crippen molar-refractivity contribution in [3.8, 4) is 0 Å². The molecule has 0 bridgehead atoms. The first kappa shape index (κ1) is 18.1. The van der Waals surface area contributed by atoms with Gasteiger partial charge in [-0.3, -0.25) is 0 Å². The molecule has 16 heavy (non-hydrogen) atoms. The van der Waals surface area contributed by atoms with Crippen molar-refractivity contribution >= 4 is 24.8 Å². The van der Waals surface area contributed by atoms with Crippen LogP contribution in [0.25, 0.3) is 0 Å². The average molecular weight is 265 g/mol. The lowest BCUT2D eigenvalue weighted by molar-refractivity contribution is 0.282. The van der Waals surface area contributed by atoms with Crippen LogP contribution in [0.1, 0.15) is 32.4 Å². The fourth-order valence-electron chi connectivity index (χ4n) is 1.42. The molecular weight excluding hydrogens is 243 g/mol. The molecule has 0 saturated heterocycles. The van der Waals surface area contributed by atoms with Gasteiger partial charge in [0.2, 0.25) is 0 Å². The van der Waals surface area contributed by atoms with Gasteiger partial charge in [-0.25, -0.2) is 0 Å². The molecule has 0 aliphatic heterocycles. The Labute approximate surface area is 111 Å². The summed E-state index contributed by atoms with van der Waals surface area (Å²) in [5.74, 6) is 0. The number of nitrogens with two attached hydrogens (primary N) is 2. The Kier molecular flexibility index (Phi) is 8.06. The van der Waals surface area contributed by atoms with E-state index in [2.05, 4.69) is 20.8 Å². The molecule has 1 rings (SSSR count). The molecule has 1 aromatic carbocycles. The van der Waals surface area contributed by atoms with Crippen LogP contribution in [0.5, 0.6) is 0 Å². The third-order valence-electron chi connectivity index (χ3n) is 2.57. The van der Waals surface area contributed by atoms with Gasteiger partial charge in [0, 0.05) is 12.1 Å². The first-order valence-corrected chi connectivity index (χ1v) is 4.99. The summed E-state index contributed by atoms with van der Waals surface area (Å²) in [4.78, 5) is 0. The standard InChI is InChI=1S/C12H20N2.2ClH/c1-12(2,3)11(14)10(13)9-7-5-4-6-8-9;;/h4-8,10-11H,13-14H2,1-3H3;2*1H/t10-,11+;;/m1../s1. The number of halogens is 2.